The molecule has 2 nitrogen and oxygen atoms in total. The first-order chi connectivity index (χ1) is 9.33. The molecule has 0 aliphatic carbocycles. The maximum atomic E-state index is 10.8. The predicted octanol–water partition coefficient (Wildman–Crippen LogP) is 4.17. The second kappa shape index (κ2) is 7.13. The van der Waals surface area contributed by atoms with Crippen molar-refractivity contribution in [1.29, 1.82) is 0 Å². The van der Waals surface area contributed by atoms with Crippen molar-refractivity contribution in [3.8, 4) is 5.75 Å². The highest BCUT2D eigenvalue weighted by atomic mass is 16.5. The molecule has 2 rings (SSSR count). The van der Waals surface area contributed by atoms with E-state index in [4.69, 9.17) is 4.74 Å². The van der Waals surface area contributed by atoms with E-state index in [9.17, 15) is 4.79 Å². The van der Waals surface area contributed by atoms with Crippen LogP contribution in [0.15, 0.2) is 23.8 Å². The van der Waals surface area contributed by atoms with Gasteiger partial charge in [0.2, 0.25) is 0 Å². The molecule has 0 aromatic heterocycles. The Balaban J connectivity index is 1.93. The Morgan fingerprint density at radius 3 is 2.84 bits per heavy atom. The highest BCUT2D eigenvalue weighted by Crippen LogP contribution is 2.27. The molecule has 1 heterocycles. The van der Waals surface area contributed by atoms with Crippen LogP contribution in [0.25, 0.3) is 6.08 Å². The SMILES string of the molecule is CCCCCCCc1ccc2c(c1)C=C(C=O)CO2. The van der Waals surface area contributed by atoms with E-state index in [1.165, 1.54) is 37.7 Å². The number of hydrogen-bond donors (Lipinski definition) is 0. The molecule has 0 unspecified atom stereocenters. The maximum absolute atomic E-state index is 10.8. The van der Waals surface area contributed by atoms with Gasteiger partial charge in [-0.05, 0) is 36.6 Å². The molecular weight excluding hydrogens is 236 g/mol. The van der Waals surface area contributed by atoms with Crippen molar-refractivity contribution in [3.63, 3.8) is 0 Å². The van der Waals surface area contributed by atoms with Gasteiger partial charge in [-0.25, -0.2) is 0 Å². The number of carbonyl (C=O) groups excluding carboxylic acids is 1. The third-order valence-electron chi connectivity index (χ3n) is 3.53. The number of aldehydes is 1. The van der Waals surface area contributed by atoms with Gasteiger partial charge < -0.3 is 4.74 Å². The van der Waals surface area contributed by atoms with Crippen molar-refractivity contribution in [3.05, 3.63) is 34.9 Å². The summed E-state index contributed by atoms with van der Waals surface area (Å²) < 4.78 is 5.54. The number of carbonyl (C=O) groups is 1. The molecule has 0 amide bonds. The van der Waals surface area contributed by atoms with Crippen LogP contribution in [-0.4, -0.2) is 12.9 Å². The summed E-state index contributed by atoms with van der Waals surface area (Å²) in [5, 5.41) is 0. The van der Waals surface area contributed by atoms with E-state index in [0.29, 0.717) is 12.2 Å². The minimum atomic E-state index is 0.396. The summed E-state index contributed by atoms with van der Waals surface area (Å²) in [5.41, 5.74) is 3.09. The molecule has 1 aliphatic rings. The fraction of sp³-hybridized carbons (Fsp3) is 0.471. The van der Waals surface area contributed by atoms with E-state index in [1.807, 2.05) is 12.1 Å². The monoisotopic (exact) mass is 258 g/mol. The standard InChI is InChI=1S/C17H22O2/c1-2-3-4-5-6-7-14-8-9-17-16(10-14)11-15(12-18)13-19-17/h8-12H,2-7,13H2,1H3. The minimum Gasteiger partial charge on any atom is -0.488 e. The largest absolute Gasteiger partial charge is 0.488 e. The lowest BCUT2D eigenvalue weighted by atomic mass is 10.0. The second-order valence-corrected chi connectivity index (χ2v) is 5.16. The van der Waals surface area contributed by atoms with Gasteiger partial charge in [-0.3, -0.25) is 4.79 Å². The van der Waals surface area contributed by atoms with Gasteiger partial charge in [0, 0.05) is 11.1 Å². The molecule has 1 aliphatic heterocycles. The van der Waals surface area contributed by atoms with Crippen LogP contribution in [0.5, 0.6) is 5.75 Å². The predicted molar refractivity (Wildman–Crippen MR) is 78.4 cm³/mol. The summed E-state index contributed by atoms with van der Waals surface area (Å²) >= 11 is 0. The van der Waals surface area contributed by atoms with E-state index >= 15 is 0 Å². The number of aryl methyl sites for hydroxylation is 1. The molecule has 0 spiro atoms. The van der Waals surface area contributed by atoms with Gasteiger partial charge in [0.05, 0.1) is 0 Å². The summed E-state index contributed by atoms with van der Waals surface area (Å²) in [6.07, 6.45) is 10.4. The van der Waals surface area contributed by atoms with Crippen molar-refractivity contribution in [2.45, 2.75) is 45.4 Å². The number of ether oxygens (including phenoxy) is 1. The molecule has 2 heteroatoms. The summed E-state index contributed by atoms with van der Waals surface area (Å²) in [5.74, 6) is 0.889. The lowest BCUT2D eigenvalue weighted by Gasteiger charge is -2.16. The fourth-order valence-corrected chi connectivity index (χ4v) is 2.40. The first-order valence-electron chi connectivity index (χ1n) is 7.25. The molecule has 0 bridgehead atoms. The molecule has 0 N–H and O–H groups in total. The van der Waals surface area contributed by atoms with Gasteiger partial charge in [0.15, 0.2) is 0 Å². The van der Waals surface area contributed by atoms with E-state index < -0.39 is 0 Å². The van der Waals surface area contributed by atoms with Crippen LogP contribution in [0.1, 0.15) is 50.2 Å². The summed E-state index contributed by atoms with van der Waals surface area (Å²) in [7, 11) is 0. The lowest BCUT2D eigenvalue weighted by molar-refractivity contribution is -0.105. The Bertz CT molecular complexity index is 460. The van der Waals surface area contributed by atoms with Crippen LogP contribution in [0, 0.1) is 0 Å². The quantitative estimate of drug-likeness (QED) is 0.542. The van der Waals surface area contributed by atoms with Crippen LogP contribution in [0.3, 0.4) is 0 Å². The molecule has 19 heavy (non-hydrogen) atoms. The van der Waals surface area contributed by atoms with Gasteiger partial charge in [0.25, 0.3) is 0 Å². The molecule has 0 radical (unpaired) electrons. The smallest absolute Gasteiger partial charge is 0.149 e. The third-order valence-corrected chi connectivity index (χ3v) is 3.53. The van der Waals surface area contributed by atoms with Gasteiger partial charge in [-0.2, -0.15) is 0 Å². The molecule has 1 aromatic rings. The zero-order valence-corrected chi connectivity index (χ0v) is 11.7. The lowest BCUT2D eigenvalue weighted by Crippen LogP contribution is -2.08. The highest BCUT2D eigenvalue weighted by Gasteiger charge is 2.11. The average molecular weight is 258 g/mol. The van der Waals surface area contributed by atoms with Crippen molar-refractivity contribution in [1.82, 2.24) is 0 Å². The van der Waals surface area contributed by atoms with E-state index in [2.05, 4.69) is 19.1 Å². The van der Waals surface area contributed by atoms with Gasteiger partial charge in [0.1, 0.15) is 18.6 Å². The molecule has 1 aromatic carbocycles. The van der Waals surface area contributed by atoms with Crippen LogP contribution >= 0.6 is 0 Å². The average Bonchev–Trinajstić information content (AvgIpc) is 2.46. The van der Waals surface area contributed by atoms with E-state index in [0.717, 1.165) is 24.0 Å². The Morgan fingerprint density at radius 2 is 2.05 bits per heavy atom. The van der Waals surface area contributed by atoms with E-state index in [1.54, 1.807) is 0 Å². The van der Waals surface area contributed by atoms with Crippen molar-refractivity contribution in [2.24, 2.45) is 0 Å². The summed E-state index contributed by atoms with van der Waals surface area (Å²) in [4.78, 5) is 10.8. The van der Waals surface area contributed by atoms with Crippen LogP contribution in [0.4, 0.5) is 0 Å². The van der Waals surface area contributed by atoms with E-state index in [-0.39, 0.29) is 0 Å². The van der Waals surface area contributed by atoms with Crippen molar-refractivity contribution < 1.29 is 9.53 Å². The van der Waals surface area contributed by atoms with Gasteiger partial charge in [-0.1, -0.05) is 38.7 Å². The zero-order chi connectivity index (χ0) is 13.5. The number of hydrogen-bond acceptors (Lipinski definition) is 2. The molecular formula is C17H22O2. The minimum absolute atomic E-state index is 0.396. The topological polar surface area (TPSA) is 26.3 Å². The maximum Gasteiger partial charge on any atom is 0.149 e. The normalized spacial score (nSPS) is 13.4. The van der Waals surface area contributed by atoms with Crippen molar-refractivity contribution >= 4 is 12.4 Å². The number of unbranched alkanes of at least 4 members (excludes halogenated alkanes) is 4. The molecule has 0 saturated heterocycles. The molecule has 102 valence electrons. The van der Waals surface area contributed by atoms with Gasteiger partial charge >= 0.3 is 0 Å². The first-order valence-corrected chi connectivity index (χ1v) is 7.25. The Labute approximate surface area is 115 Å². The van der Waals surface area contributed by atoms with Crippen LogP contribution in [0.2, 0.25) is 0 Å². The number of benzene rings is 1. The fourth-order valence-electron chi connectivity index (χ4n) is 2.40. The van der Waals surface area contributed by atoms with Crippen molar-refractivity contribution in [2.75, 3.05) is 6.61 Å². The second-order valence-electron chi connectivity index (χ2n) is 5.16. The van der Waals surface area contributed by atoms with Crippen LogP contribution in [-0.2, 0) is 11.2 Å². The number of rotatable bonds is 7. The number of fused-ring (bicyclic) bond motifs is 1. The molecule has 0 saturated carbocycles. The summed E-state index contributed by atoms with van der Waals surface area (Å²) in [6, 6.07) is 6.31. The highest BCUT2D eigenvalue weighted by molar-refractivity contribution is 5.84. The first kappa shape index (κ1) is 13.9. The van der Waals surface area contributed by atoms with Crippen LogP contribution < -0.4 is 4.74 Å². The van der Waals surface area contributed by atoms with Gasteiger partial charge in [-0.15, -0.1) is 0 Å². The third kappa shape index (κ3) is 3.95. The zero-order valence-electron chi connectivity index (χ0n) is 11.7. The Kier molecular flexibility index (Phi) is 5.20. The Morgan fingerprint density at radius 1 is 1.21 bits per heavy atom. The molecule has 0 atom stereocenters. The molecule has 0 fully saturated rings. The Hall–Kier alpha value is -1.57. The summed E-state index contributed by atoms with van der Waals surface area (Å²) in [6.45, 7) is 2.63.